The van der Waals surface area contributed by atoms with Crippen LogP contribution in [0, 0.1) is 0 Å². The molecule has 2 N–H and O–H groups in total. The Labute approximate surface area is 116 Å². The molecule has 1 amide bonds. The van der Waals surface area contributed by atoms with Gasteiger partial charge in [-0.25, -0.2) is 4.79 Å². The van der Waals surface area contributed by atoms with Crippen molar-refractivity contribution < 1.29 is 18.7 Å². The Kier molecular flexibility index (Phi) is 4.20. The smallest absolute Gasteiger partial charge is 0.374 e. The molecule has 5 heteroatoms. The number of nitrogens with two attached hydrogens (primary N) is 1. The Morgan fingerprint density at radius 3 is 2.60 bits per heavy atom. The maximum atomic E-state index is 11.8. The van der Waals surface area contributed by atoms with Crippen molar-refractivity contribution >= 4 is 11.9 Å². The van der Waals surface area contributed by atoms with Gasteiger partial charge in [0.2, 0.25) is 11.7 Å². The molecule has 2 rings (SSSR count). The van der Waals surface area contributed by atoms with Gasteiger partial charge in [-0.3, -0.25) is 4.79 Å². The number of carbonyl (C=O) groups excluding carboxylic acids is 2. The van der Waals surface area contributed by atoms with E-state index in [1.807, 2.05) is 6.92 Å². The molecule has 0 unspecified atom stereocenters. The van der Waals surface area contributed by atoms with Gasteiger partial charge in [0.25, 0.3) is 0 Å². The highest BCUT2D eigenvalue weighted by molar-refractivity contribution is 5.94. The summed E-state index contributed by atoms with van der Waals surface area (Å²) >= 11 is 0. The van der Waals surface area contributed by atoms with Gasteiger partial charge < -0.3 is 14.9 Å². The molecule has 1 heterocycles. The molecular formula is C15H15NO4. The quantitative estimate of drug-likeness (QED) is 0.847. The third-order valence-electron chi connectivity index (χ3n) is 2.85. The minimum atomic E-state index is -0.566. The van der Waals surface area contributed by atoms with Crippen molar-refractivity contribution in [2.75, 3.05) is 0 Å². The minimum Gasteiger partial charge on any atom is -0.455 e. The second-order valence-electron chi connectivity index (χ2n) is 4.22. The summed E-state index contributed by atoms with van der Waals surface area (Å²) in [6, 6.07) is 10.0. The van der Waals surface area contributed by atoms with E-state index in [9.17, 15) is 9.59 Å². The molecule has 0 aliphatic carbocycles. The number of hydrogen-bond donors (Lipinski definition) is 1. The Morgan fingerprint density at radius 1 is 1.20 bits per heavy atom. The number of hydrogen-bond acceptors (Lipinski definition) is 4. The van der Waals surface area contributed by atoms with Crippen molar-refractivity contribution in [3.8, 4) is 0 Å². The van der Waals surface area contributed by atoms with Gasteiger partial charge in [0.15, 0.2) is 0 Å². The van der Waals surface area contributed by atoms with Crippen LogP contribution in [0.5, 0.6) is 0 Å². The third kappa shape index (κ3) is 3.06. The molecule has 0 fully saturated rings. The predicted molar refractivity (Wildman–Crippen MR) is 72.2 cm³/mol. The van der Waals surface area contributed by atoms with Crippen LogP contribution in [-0.4, -0.2) is 11.9 Å². The minimum absolute atomic E-state index is 0.0277. The van der Waals surface area contributed by atoms with Crippen molar-refractivity contribution in [1.82, 2.24) is 0 Å². The molecule has 0 saturated heterocycles. The normalized spacial score (nSPS) is 10.2. The largest absolute Gasteiger partial charge is 0.455 e. The molecule has 0 bridgehead atoms. The van der Waals surface area contributed by atoms with Crippen LogP contribution in [0.15, 0.2) is 40.8 Å². The third-order valence-corrected chi connectivity index (χ3v) is 2.85. The Balaban J connectivity index is 2.05. The summed E-state index contributed by atoms with van der Waals surface area (Å²) < 4.78 is 10.4. The van der Waals surface area contributed by atoms with Gasteiger partial charge in [-0.2, -0.15) is 0 Å². The highest BCUT2D eigenvalue weighted by Crippen LogP contribution is 2.13. The van der Waals surface area contributed by atoms with Crippen molar-refractivity contribution in [2.45, 2.75) is 20.0 Å². The highest BCUT2D eigenvalue weighted by Gasteiger charge is 2.14. The fraction of sp³-hybridized carbons (Fsp3) is 0.200. The van der Waals surface area contributed by atoms with E-state index in [4.69, 9.17) is 14.9 Å². The predicted octanol–water partition coefficient (Wildman–Crippen LogP) is 2.30. The molecule has 20 heavy (non-hydrogen) atoms. The molecule has 5 nitrogen and oxygen atoms in total. The van der Waals surface area contributed by atoms with Gasteiger partial charge in [-0.05, 0) is 18.2 Å². The first kappa shape index (κ1) is 13.9. The van der Waals surface area contributed by atoms with Crippen LogP contribution >= 0.6 is 0 Å². The molecule has 0 atom stereocenters. The van der Waals surface area contributed by atoms with Crippen LogP contribution in [0.4, 0.5) is 0 Å². The van der Waals surface area contributed by atoms with E-state index in [1.54, 1.807) is 36.4 Å². The zero-order chi connectivity index (χ0) is 14.5. The van der Waals surface area contributed by atoms with Gasteiger partial charge in [0, 0.05) is 17.5 Å². The molecule has 0 spiro atoms. The molecule has 2 aromatic rings. The summed E-state index contributed by atoms with van der Waals surface area (Å²) in [5.74, 6) is -0.250. The van der Waals surface area contributed by atoms with E-state index in [2.05, 4.69) is 0 Å². The molecule has 1 aromatic carbocycles. The Morgan fingerprint density at radius 2 is 1.95 bits per heavy atom. The maximum Gasteiger partial charge on any atom is 0.374 e. The topological polar surface area (TPSA) is 82.5 Å². The number of furan rings is 1. The number of esters is 1. The fourth-order valence-corrected chi connectivity index (χ4v) is 1.78. The second-order valence-corrected chi connectivity index (χ2v) is 4.22. The monoisotopic (exact) mass is 273 g/mol. The summed E-state index contributed by atoms with van der Waals surface area (Å²) in [7, 11) is 0. The average molecular weight is 273 g/mol. The van der Waals surface area contributed by atoms with E-state index in [1.165, 1.54) is 0 Å². The Hall–Kier alpha value is -2.56. The van der Waals surface area contributed by atoms with Crippen LogP contribution in [0.2, 0.25) is 0 Å². The van der Waals surface area contributed by atoms with Crippen LogP contribution in [-0.2, 0) is 17.8 Å². The van der Waals surface area contributed by atoms with Gasteiger partial charge in [0.05, 0.1) is 0 Å². The maximum absolute atomic E-state index is 11.8. The number of aryl methyl sites for hydroxylation is 1. The van der Waals surface area contributed by atoms with E-state index in [0.717, 1.165) is 5.76 Å². The summed E-state index contributed by atoms with van der Waals surface area (Å²) in [6.45, 7) is 1.90. The van der Waals surface area contributed by atoms with Crippen molar-refractivity contribution in [1.29, 1.82) is 0 Å². The van der Waals surface area contributed by atoms with Crippen LogP contribution in [0.3, 0.4) is 0 Å². The lowest BCUT2D eigenvalue weighted by Gasteiger charge is -2.06. The lowest BCUT2D eigenvalue weighted by molar-refractivity contribution is 0.0432. The van der Waals surface area contributed by atoms with Crippen LogP contribution in [0.1, 0.15) is 39.2 Å². The summed E-state index contributed by atoms with van der Waals surface area (Å²) in [6.07, 6.45) is 0.706. The van der Waals surface area contributed by atoms with E-state index in [0.29, 0.717) is 17.5 Å². The number of amides is 1. The standard InChI is InChI=1S/C15H15NO4/c1-2-11-7-8-13(20-11)15(18)19-9-10-5-3-4-6-12(10)14(16)17/h3-8H,2,9H2,1H3,(H2,16,17). The molecule has 1 aromatic heterocycles. The van der Waals surface area contributed by atoms with Gasteiger partial charge in [0.1, 0.15) is 12.4 Å². The SMILES string of the molecule is CCc1ccc(C(=O)OCc2ccccc2C(N)=O)o1. The summed E-state index contributed by atoms with van der Waals surface area (Å²) in [5, 5.41) is 0. The first-order valence-corrected chi connectivity index (χ1v) is 6.25. The molecule has 0 radical (unpaired) electrons. The number of carbonyl (C=O) groups is 2. The first-order valence-electron chi connectivity index (χ1n) is 6.25. The van der Waals surface area contributed by atoms with Crippen molar-refractivity contribution in [3.05, 3.63) is 59.0 Å². The number of benzene rings is 1. The number of rotatable bonds is 5. The average Bonchev–Trinajstić information content (AvgIpc) is 2.94. The zero-order valence-corrected chi connectivity index (χ0v) is 11.1. The van der Waals surface area contributed by atoms with Crippen molar-refractivity contribution in [2.24, 2.45) is 5.73 Å². The second kappa shape index (κ2) is 6.06. The van der Waals surface area contributed by atoms with Gasteiger partial charge >= 0.3 is 5.97 Å². The van der Waals surface area contributed by atoms with E-state index >= 15 is 0 Å². The lowest BCUT2D eigenvalue weighted by Crippen LogP contribution is -2.15. The summed E-state index contributed by atoms with van der Waals surface area (Å²) in [4.78, 5) is 23.0. The van der Waals surface area contributed by atoms with Crippen molar-refractivity contribution in [3.63, 3.8) is 0 Å². The Bertz CT molecular complexity index is 630. The number of primary amides is 1. The molecule has 0 aliphatic heterocycles. The molecule has 104 valence electrons. The van der Waals surface area contributed by atoms with Gasteiger partial charge in [-0.1, -0.05) is 25.1 Å². The molecule has 0 saturated carbocycles. The zero-order valence-electron chi connectivity index (χ0n) is 11.1. The van der Waals surface area contributed by atoms with Crippen LogP contribution in [0.25, 0.3) is 0 Å². The molecule has 0 aliphatic rings. The number of ether oxygens (including phenoxy) is 1. The van der Waals surface area contributed by atoms with Gasteiger partial charge in [-0.15, -0.1) is 0 Å². The highest BCUT2D eigenvalue weighted by atomic mass is 16.5. The lowest BCUT2D eigenvalue weighted by atomic mass is 10.1. The molecular weight excluding hydrogens is 258 g/mol. The summed E-state index contributed by atoms with van der Waals surface area (Å²) in [5.41, 5.74) is 6.16. The first-order chi connectivity index (χ1) is 9.61. The fourth-order valence-electron chi connectivity index (χ4n) is 1.78. The van der Waals surface area contributed by atoms with E-state index < -0.39 is 11.9 Å². The van der Waals surface area contributed by atoms with E-state index in [-0.39, 0.29) is 12.4 Å². The van der Waals surface area contributed by atoms with Crippen LogP contribution < -0.4 is 5.73 Å².